The van der Waals surface area contributed by atoms with Crippen molar-refractivity contribution in [1.29, 1.82) is 0 Å². The molecule has 1 atom stereocenters. The number of ether oxygens (including phenoxy) is 1. The minimum absolute atomic E-state index is 0.00727. The first kappa shape index (κ1) is 25.0. The summed E-state index contributed by atoms with van der Waals surface area (Å²) in [5.41, 5.74) is -2.84. The van der Waals surface area contributed by atoms with E-state index in [-0.39, 0.29) is 35.6 Å². The first-order valence-electron chi connectivity index (χ1n) is 9.60. The number of alkyl halides is 6. The van der Waals surface area contributed by atoms with Gasteiger partial charge in [-0.1, -0.05) is 6.07 Å². The minimum Gasteiger partial charge on any atom is -0.464 e. The lowest BCUT2D eigenvalue weighted by atomic mass is 10.0. The number of fused-ring (bicyclic) bond motifs is 1. The largest absolute Gasteiger partial charge is 0.464 e. The van der Waals surface area contributed by atoms with Gasteiger partial charge in [-0.2, -0.15) is 26.3 Å². The summed E-state index contributed by atoms with van der Waals surface area (Å²) < 4.78 is 99.6. The van der Waals surface area contributed by atoms with Gasteiger partial charge in [-0.3, -0.25) is 4.79 Å². The molecule has 0 spiro atoms. The lowest BCUT2D eigenvalue weighted by molar-refractivity contribution is -0.156. The van der Waals surface area contributed by atoms with Crippen molar-refractivity contribution in [3.8, 4) is 0 Å². The van der Waals surface area contributed by atoms with Crippen LogP contribution in [0.2, 0.25) is 0 Å². The van der Waals surface area contributed by atoms with Gasteiger partial charge in [-0.25, -0.2) is 14.2 Å². The highest BCUT2D eigenvalue weighted by molar-refractivity contribution is 5.99. The van der Waals surface area contributed by atoms with Crippen molar-refractivity contribution in [2.45, 2.75) is 31.9 Å². The van der Waals surface area contributed by atoms with Gasteiger partial charge >= 0.3 is 18.3 Å². The number of carbonyl (C=O) groups excluding carboxylic acids is 2. The van der Waals surface area contributed by atoms with Crippen LogP contribution < -0.4 is 5.32 Å². The summed E-state index contributed by atoms with van der Waals surface area (Å²) in [6, 6.07) is 1.78. The summed E-state index contributed by atoms with van der Waals surface area (Å²) in [7, 11) is 1.13. The van der Waals surface area contributed by atoms with Gasteiger partial charge in [0.05, 0.1) is 23.7 Å². The van der Waals surface area contributed by atoms with E-state index in [0.29, 0.717) is 11.6 Å². The number of hydrogen-bond acceptors (Lipinski definition) is 4. The molecule has 2 heterocycles. The normalized spacial score (nSPS) is 13.1. The van der Waals surface area contributed by atoms with Crippen LogP contribution in [0.1, 0.15) is 45.1 Å². The molecular weight excluding hydrogens is 475 g/mol. The summed E-state index contributed by atoms with van der Waals surface area (Å²) in [6.07, 6.45) is -10.4. The number of nitrogens with zero attached hydrogens (tertiary/aromatic N) is 2. The smallest absolute Gasteiger partial charge is 0.419 e. The van der Waals surface area contributed by atoms with E-state index in [4.69, 9.17) is 0 Å². The Morgan fingerprint density at radius 2 is 1.76 bits per heavy atom. The molecule has 0 saturated carbocycles. The summed E-state index contributed by atoms with van der Waals surface area (Å²) in [6.45, 7) is 1.72. The van der Waals surface area contributed by atoms with Gasteiger partial charge in [0, 0.05) is 6.54 Å². The molecule has 0 aliphatic carbocycles. The molecule has 1 aromatic carbocycles. The molecule has 3 rings (SSSR count). The van der Waals surface area contributed by atoms with Crippen LogP contribution in [0.5, 0.6) is 0 Å². The summed E-state index contributed by atoms with van der Waals surface area (Å²) in [4.78, 5) is 28.5. The fourth-order valence-corrected chi connectivity index (χ4v) is 3.39. The van der Waals surface area contributed by atoms with E-state index in [1.807, 2.05) is 0 Å². The minimum atomic E-state index is -5.24. The number of halogens is 7. The van der Waals surface area contributed by atoms with Crippen LogP contribution in [0, 0.1) is 5.82 Å². The third kappa shape index (κ3) is 4.82. The first-order chi connectivity index (χ1) is 15.8. The Balaban J connectivity index is 2.04. The van der Waals surface area contributed by atoms with Crippen LogP contribution in [0.25, 0.3) is 11.0 Å². The second-order valence-corrected chi connectivity index (χ2v) is 7.05. The molecule has 13 heteroatoms. The number of rotatable bonds is 5. The Morgan fingerprint density at radius 1 is 1.09 bits per heavy atom. The summed E-state index contributed by atoms with van der Waals surface area (Å²) in [5.74, 6) is -3.78. The molecule has 2 aromatic heterocycles. The average Bonchev–Trinajstić information content (AvgIpc) is 3.13. The number of aryl methyl sites for hydroxylation is 1. The monoisotopic (exact) mass is 491 g/mol. The molecule has 0 aliphatic heterocycles. The maximum Gasteiger partial charge on any atom is 0.419 e. The van der Waals surface area contributed by atoms with Crippen LogP contribution in [0.15, 0.2) is 36.4 Å². The lowest BCUT2D eigenvalue weighted by Crippen LogP contribution is -2.39. The van der Waals surface area contributed by atoms with Gasteiger partial charge in [0.25, 0.3) is 5.91 Å². The Hall–Kier alpha value is -3.64. The maximum atomic E-state index is 13.7. The van der Waals surface area contributed by atoms with Crippen LogP contribution in [0.3, 0.4) is 0 Å². The van der Waals surface area contributed by atoms with E-state index in [1.165, 1.54) is 16.7 Å². The van der Waals surface area contributed by atoms with Crippen LogP contribution in [-0.2, 0) is 17.5 Å². The highest BCUT2D eigenvalue weighted by atomic mass is 19.4. The highest BCUT2D eigenvalue weighted by Gasteiger charge is 2.44. The van der Waals surface area contributed by atoms with Crippen LogP contribution >= 0.6 is 0 Å². The Labute approximate surface area is 187 Å². The average molecular weight is 491 g/mol. The van der Waals surface area contributed by atoms with Crippen LogP contribution in [0.4, 0.5) is 30.7 Å². The molecule has 1 unspecified atom stereocenters. The molecular formula is C21H16F7N3O3. The molecule has 0 aliphatic rings. The van der Waals surface area contributed by atoms with E-state index in [2.05, 4.69) is 9.72 Å². The number of hydrogen-bond donors (Lipinski definition) is 1. The fourth-order valence-electron chi connectivity index (χ4n) is 3.39. The molecule has 0 radical (unpaired) electrons. The number of nitrogens with one attached hydrogen (secondary N) is 1. The van der Waals surface area contributed by atoms with Gasteiger partial charge in [0.2, 0.25) is 0 Å². The van der Waals surface area contributed by atoms with Crippen molar-refractivity contribution in [3.05, 3.63) is 64.7 Å². The Morgan fingerprint density at radius 3 is 2.32 bits per heavy atom. The van der Waals surface area contributed by atoms with E-state index < -0.39 is 47.2 Å². The summed E-state index contributed by atoms with van der Waals surface area (Å²) in [5, 5.41) is 1.68. The van der Waals surface area contributed by atoms with Crippen molar-refractivity contribution >= 4 is 22.9 Å². The van der Waals surface area contributed by atoms with Gasteiger partial charge < -0.3 is 14.6 Å². The zero-order valence-corrected chi connectivity index (χ0v) is 17.5. The predicted molar refractivity (Wildman–Crippen MR) is 104 cm³/mol. The molecule has 0 fully saturated rings. The number of benzene rings is 1. The number of carbonyl (C=O) groups is 2. The summed E-state index contributed by atoms with van der Waals surface area (Å²) >= 11 is 0. The number of aromatic nitrogens is 2. The van der Waals surface area contributed by atoms with Gasteiger partial charge in [0.1, 0.15) is 17.2 Å². The molecule has 6 nitrogen and oxygen atoms in total. The van der Waals surface area contributed by atoms with Gasteiger partial charge in [0.15, 0.2) is 6.04 Å². The zero-order valence-electron chi connectivity index (χ0n) is 17.5. The van der Waals surface area contributed by atoms with Crippen LogP contribution in [-0.4, -0.2) is 34.7 Å². The van der Waals surface area contributed by atoms with E-state index in [0.717, 1.165) is 13.2 Å². The zero-order chi connectivity index (χ0) is 25.4. The fraction of sp³-hybridized carbons (Fsp3) is 0.286. The predicted octanol–water partition coefficient (Wildman–Crippen LogP) is 5.03. The van der Waals surface area contributed by atoms with E-state index >= 15 is 0 Å². The second-order valence-electron chi connectivity index (χ2n) is 7.05. The number of amides is 1. The standard InChI is InChI=1S/C21H16F7N3O3/c1-3-31-15-7-6-13(19(33)34-2)29-14(15)9-16(31)18(32)30-17(21(26,27)28)10-4-5-12(22)11(8-10)20(23,24)25/h4-9,17H,3H2,1-2H3,(H,30,32). The molecule has 3 aromatic rings. The SMILES string of the molecule is CCn1c(C(=O)NC(c2ccc(F)c(C(F)(F)F)c2)C(F)(F)F)cc2nc(C(=O)OC)ccc21. The number of methoxy groups -OCH3 is 1. The van der Waals surface area contributed by atoms with Crippen molar-refractivity contribution in [1.82, 2.24) is 14.9 Å². The third-order valence-corrected chi connectivity index (χ3v) is 4.93. The molecule has 0 saturated heterocycles. The van der Waals surface area contributed by atoms with Crippen molar-refractivity contribution in [2.75, 3.05) is 7.11 Å². The molecule has 34 heavy (non-hydrogen) atoms. The molecule has 182 valence electrons. The second kappa shape index (κ2) is 8.95. The maximum absolute atomic E-state index is 13.7. The van der Waals surface area contributed by atoms with Gasteiger partial charge in [-0.05, 0) is 42.8 Å². The number of esters is 1. The van der Waals surface area contributed by atoms with Crippen molar-refractivity contribution in [3.63, 3.8) is 0 Å². The third-order valence-electron chi connectivity index (χ3n) is 4.93. The lowest BCUT2D eigenvalue weighted by Gasteiger charge is -2.23. The van der Waals surface area contributed by atoms with E-state index in [9.17, 15) is 40.3 Å². The quantitative estimate of drug-likeness (QED) is 0.401. The Bertz CT molecular complexity index is 1250. The number of pyridine rings is 1. The van der Waals surface area contributed by atoms with Crippen molar-refractivity contribution < 1.29 is 45.1 Å². The first-order valence-corrected chi connectivity index (χ1v) is 9.60. The Kier molecular flexibility index (Phi) is 6.58. The molecule has 1 N–H and O–H groups in total. The molecule has 0 bridgehead atoms. The molecule has 1 amide bonds. The topological polar surface area (TPSA) is 73.2 Å². The van der Waals surface area contributed by atoms with Gasteiger partial charge in [-0.15, -0.1) is 0 Å². The highest BCUT2D eigenvalue weighted by Crippen LogP contribution is 2.37. The van der Waals surface area contributed by atoms with E-state index in [1.54, 1.807) is 12.2 Å². The van der Waals surface area contributed by atoms with Crippen molar-refractivity contribution in [2.24, 2.45) is 0 Å².